The van der Waals surface area contributed by atoms with Gasteiger partial charge in [0.1, 0.15) is 12.2 Å². The van der Waals surface area contributed by atoms with Gasteiger partial charge in [0, 0.05) is 5.92 Å². The highest BCUT2D eigenvalue weighted by atomic mass is 32.2. The standard InChI is InChI=1S/C21H21F3N2O3S/c1-11-9-14(5-8-16(11)20(28)29-30-25)12(2)26-19(27)18-10-17(18)13-3-6-15(7-4-13)21(22,23)24/h3-9,12,17-18H,10,25H2,1-2H3,(H,26,27)/t12-,17?,18?/m1/s1. The van der Waals surface area contributed by atoms with Crippen molar-refractivity contribution in [2.24, 2.45) is 11.1 Å². The molecule has 0 bridgehead atoms. The van der Waals surface area contributed by atoms with E-state index in [-0.39, 0.29) is 23.8 Å². The van der Waals surface area contributed by atoms with Crippen LogP contribution in [-0.4, -0.2) is 11.9 Å². The van der Waals surface area contributed by atoms with Crippen LogP contribution in [-0.2, 0) is 15.2 Å². The minimum absolute atomic E-state index is 0.0767. The number of benzene rings is 2. The second-order valence-electron chi connectivity index (χ2n) is 7.34. The van der Waals surface area contributed by atoms with Crippen LogP contribution in [0.3, 0.4) is 0 Å². The average Bonchev–Trinajstić information content (AvgIpc) is 3.48. The number of hydrogen-bond acceptors (Lipinski definition) is 5. The molecule has 3 N–H and O–H groups in total. The largest absolute Gasteiger partial charge is 0.416 e. The molecule has 0 saturated heterocycles. The zero-order valence-electron chi connectivity index (χ0n) is 16.3. The first-order valence-corrected chi connectivity index (χ1v) is 10.1. The van der Waals surface area contributed by atoms with E-state index >= 15 is 0 Å². The van der Waals surface area contributed by atoms with Crippen molar-refractivity contribution >= 4 is 24.1 Å². The van der Waals surface area contributed by atoms with Gasteiger partial charge in [-0.3, -0.25) is 4.79 Å². The highest BCUT2D eigenvalue weighted by Gasteiger charge is 2.44. The van der Waals surface area contributed by atoms with Crippen molar-refractivity contribution in [3.05, 3.63) is 70.3 Å². The van der Waals surface area contributed by atoms with Gasteiger partial charge in [-0.2, -0.15) is 13.2 Å². The molecular formula is C21H21F3N2O3S. The molecule has 0 aliphatic heterocycles. The predicted octanol–water partition coefficient (Wildman–Crippen LogP) is 4.67. The molecule has 2 unspecified atom stereocenters. The first-order chi connectivity index (χ1) is 14.1. The Labute approximate surface area is 176 Å². The zero-order chi connectivity index (χ0) is 22.1. The molecule has 1 amide bonds. The quantitative estimate of drug-likeness (QED) is 0.506. The lowest BCUT2D eigenvalue weighted by Gasteiger charge is -2.16. The normalized spacial score (nSPS) is 19.1. The summed E-state index contributed by atoms with van der Waals surface area (Å²) in [6.45, 7) is 3.59. The number of aryl methyl sites for hydroxylation is 1. The Kier molecular flexibility index (Phi) is 6.42. The van der Waals surface area contributed by atoms with E-state index in [2.05, 4.69) is 5.32 Å². The van der Waals surface area contributed by atoms with Crippen molar-refractivity contribution in [2.75, 3.05) is 0 Å². The van der Waals surface area contributed by atoms with Crippen LogP contribution in [0.15, 0.2) is 42.5 Å². The predicted molar refractivity (Wildman–Crippen MR) is 107 cm³/mol. The number of hydrogen-bond donors (Lipinski definition) is 2. The summed E-state index contributed by atoms with van der Waals surface area (Å²) >= 11 is 0.480. The topological polar surface area (TPSA) is 81.4 Å². The molecule has 0 heterocycles. The molecule has 0 aromatic heterocycles. The van der Waals surface area contributed by atoms with Crippen LogP contribution in [0.1, 0.15) is 57.9 Å². The van der Waals surface area contributed by atoms with E-state index in [1.54, 1.807) is 25.1 Å². The van der Waals surface area contributed by atoms with E-state index in [0.717, 1.165) is 23.3 Å². The monoisotopic (exact) mass is 438 g/mol. The van der Waals surface area contributed by atoms with E-state index in [9.17, 15) is 22.8 Å². The molecule has 1 fully saturated rings. The number of carbonyl (C=O) groups is 2. The molecule has 1 saturated carbocycles. The fraction of sp³-hybridized carbons (Fsp3) is 0.333. The van der Waals surface area contributed by atoms with Crippen LogP contribution in [0.4, 0.5) is 13.2 Å². The molecule has 5 nitrogen and oxygen atoms in total. The summed E-state index contributed by atoms with van der Waals surface area (Å²) in [6.07, 6.45) is -3.77. The van der Waals surface area contributed by atoms with E-state index in [1.807, 2.05) is 6.92 Å². The molecule has 1 aliphatic carbocycles. The molecule has 1 aliphatic rings. The van der Waals surface area contributed by atoms with Crippen molar-refractivity contribution in [2.45, 2.75) is 38.4 Å². The van der Waals surface area contributed by atoms with E-state index < -0.39 is 17.7 Å². The number of rotatable bonds is 6. The lowest BCUT2D eigenvalue weighted by atomic mass is 10.0. The Balaban J connectivity index is 1.60. The highest BCUT2D eigenvalue weighted by molar-refractivity contribution is 7.92. The third-order valence-electron chi connectivity index (χ3n) is 5.25. The van der Waals surface area contributed by atoms with E-state index in [0.29, 0.717) is 29.8 Å². The SMILES string of the molecule is Cc1cc([C@@H](C)NC(=O)C2CC2c2ccc(C(F)(F)F)cc2)ccc1C(=O)OSN. The van der Waals surface area contributed by atoms with Gasteiger partial charge in [-0.25, -0.2) is 9.93 Å². The third-order valence-corrected chi connectivity index (χ3v) is 5.49. The van der Waals surface area contributed by atoms with Gasteiger partial charge in [-0.05, 0) is 61.1 Å². The van der Waals surface area contributed by atoms with Crippen LogP contribution in [0, 0.1) is 12.8 Å². The lowest BCUT2D eigenvalue weighted by molar-refractivity contribution is -0.137. The molecule has 160 valence electrons. The molecule has 3 atom stereocenters. The number of alkyl halides is 3. The summed E-state index contributed by atoms with van der Waals surface area (Å²) in [5.74, 6) is -1.03. The van der Waals surface area contributed by atoms with Crippen LogP contribution < -0.4 is 10.5 Å². The van der Waals surface area contributed by atoms with Crippen LogP contribution in [0.2, 0.25) is 0 Å². The van der Waals surface area contributed by atoms with Crippen molar-refractivity contribution < 1.29 is 26.9 Å². The maximum Gasteiger partial charge on any atom is 0.416 e. The van der Waals surface area contributed by atoms with Gasteiger partial charge in [-0.15, -0.1) is 0 Å². The second kappa shape index (κ2) is 8.69. The van der Waals surface area contributed by atoms with Crippen LogP contribution in [0.5, 0.6) is 0 Å². The molecule has 0 radical (unpaired) electrons. The van der Waals surface area contributed by atoms with Gasteiger partial charge in [0.15, 0.2) is 0 Å². The molecule has 2 aromatic rings. The molecule has 30 heavy (non-hydrogen) atoms. The van der Waals surface area contributed by atoms with Crippen molar-refractivity contribution in [3.63, 3.8) is 0 Å². The van der Waals surface area contributed by atoms with Gasteiger partial charge < -0.3 is 9.50 Å². The fourth-order valence-electron chi connectivity index (χ4n) is 3.45. The van der Waals surface area contributed by atoms with Gasteiger partial charge in [0.2, 0.25) is 5.91 Å². The first kappa shape index (κ1) is 22.2. The summed E-state index contributed by atoms with van der Waals surface area (Å²) in [7, 11) is 0. The molecule has 3 rings (SSSR count). The molecule has 2 aromatic carbocycles. The Bertz CT molecular complexity index is 948. The Morgan fingerprint density at radius 3 is 2.43 bits per heavy atom. The van der Waals surface area contributed by atoms with Gasteiger partial charge >= 0.3 is 12.1 Å². The van der Waals surface area contributed by atoms with E-state index in [4.69, 9.17) is 9.32 Å². The molecular weight excluding hydrogens is 417 g/mol. The summed E-state index contributed by atoms with van der Waals surface area (Å²) in [4.78, 5) is 24.4. The summed E-state index contributed by atoms with van der Waals surface area (Å²) < 4.78 is 42.8. The minimum atomic E-state index is -4.37. The summed E-state index contributed by atoms with van der Waals surface area (Å²) in [5, 5.41) is 8.08. The molecule has 9 heteroatoms. The van der Waals surface area contributed by atoms with Crippen LogP contribution in [0.25, 0.3) is 0 Å². The zero-order valence-corrected chi connectivity index (χ0v) is 17.1. The van der Waals surface area contributed by atoms with Gasteiger partial charge in [0.25, 0.3) is 0 Å². The third kappa shape index (κ3) is 4.96. The van der Waals surface area contributed by atoms with Crippen molar-refractivity contribution in [3.8, 4) is 0 Å². The fourth-order valence-corrected chi connectivity index (χ4v) is 3.63. The number of nitrogens with two attached hydrogens (primary N) is 1. The second-order valence-corrected chi connectivity index (χ2v) is 7.70. The Morgan fingerprint density at radius 1 is 1.20 bits per heavy atom. The van der Waals surface area contributed by atoms with Crippen LogP contribution >= 0.6 is 12.2 Å². The first-order valence-electron chi connectivity index (χ1n) is 9.27. The number of nitrogens with one attached hydrogen (secondary N) is 1. The van der Waals surface area contributed by atoms with E-state index in [1.165, 1.54) is 12.1 Å². The lowest BCUT2D eigenvalue weighted by Crippen LogP contribution is -2.28. The minimum Gasteiger partial charge on any atom is -0.371 e. The molecule has 0 spiro atoms. The maximum absolute atomic E-state index is 12.7. The summed E-state index contributed by atoms with van der Waals surface area (Å²) in [5.41, 5.74) is 1.94. The Morgan fingerprint density at radius 2 is 1.87 bits per heavy atom. The van der Waals surface area contributed by atoms with Crippen molar-refractivity contribution in [1.29, 1.82) is 0 Å². The van der Waals surface area contributed by atoms with Crippen molar-refractivity contribution in [1.82, 2.24) is 5.32 Å². The summed E-state index contributed by atoms with van der Waals surface area (Å²) in [6, 6.07) is 9.81. The van der Waals surface area contributed by atoms with Gasteiger partial charge in [0.05, 0.1) is 17.2 Å². The number of halogens is 3. The number of amides is 1. The van der Waals surface area contributed by atoms with Gasteiger partial charge in [-0.1, -0.05) is 24.3 Å². The average molecular weight is 438 g/mol. The Hall–Kier alpha value is -2.52. The maximum atomic E-state index is 12.7. The smallest absolute Gasteiger partial charge is 0.371 e. The highest BCUT2D eigenvalue weighted by Crippen LogP contribution is 2.48. The number of carbonyl (C=O) groups excluding carboxylic acids is 2.